The second-order valence-corrected chi connectivity index (χ2v) is 8.31. The minimum atomic E-state index is -1.44. The Kier molecular flexibility index (Phi) is 8.10. The molecule has 2 unspecified atom stereocenters. The normalized spacial score (nSPS) is 23.3. The summed E-state index contributed by atoms with van der Waals surface area (Å²) in [5, 5.41) is 11.1. The molecular weight excluding hydrogens is 464 g/mol. The van der Waals surface area contributed by atoms with Crippen LogP contribution in [0.3, 0.4) is 0 Å². The highest BCUT2D eigenvalue weighted by molar-refractivity contribution is 5.90. The molecule has 8 heteroatoms. The number of ether oxygens (including phenoxy) is 4. The molecule has 1 aliphatic rings. The van der Waals surface area contributed by atoms with Crippen LogP contribution in [-0.2, 0) is 18.9 Å². The Balaban J connectivity index is 1.52. The first-order valence-corrected chi connectivity index (χ1v) is 11.5. The Morgan fingerprint density at radius 2 is 1.11 bits per heavy atom. The number of esters is 3. The van der Waals surface area contributed by atoms with Gasteiger partial charge in [0.25, 0.3) is 0 Å². The summed E-state index contributed by atoms with van der Waals surface area (Å²) in [4.78, 5) is 37.9. The lowest BCUT2D eigenvalue weighted by Gasteiger charge is -2.42. The topological polar surface area (TPSA) is 108 Å². The van der Waals surface area contributed by atoms with Gasteiger partial charge < -0.3 is 24.1 Å². The lowest BCUT2D eigenvalue weighted by Crippen LogP contribution is -2.60. The molecular formula is C28H26O8. The molecule has 3 aromatic rings. The van der Waals surface area contributed by atoms with Crippen LogP contribution in [0, 0.1) is 0 Å². The van der Waals surface area contributed by atoms with Crippen LogP contribution in [0.1, 0.15) is 38.0 Å². The Hall–Kier alpha value is -4.01. The SMILES string of the molecule is C[C@H]1OC(COC(=O)c2ccccc2)[C@@H](O)[C@H](OC(=O)c2ccccc2)C1OC(=O)c1ccccc1. The molecule has 3 aromatic carbocycles. The smallest absolute Gasteiger partial charge is 0.338 e. The number of aliphatic hydroxyl groups is 1. The summed E-state index contributed by atoms with van der Waals surface area (Å²) in [7, 11) is 0. The van der Waals surface area contributed by atoms with Gasteiger partial charge in [-0.2, -0.15) is 0 Å². The summed E-state index contributed by atoms with van der Waals surface area (Å²) in [5.74, 6) is -1.94. The number of benzene rings is 3. The Labute approximate surface area is 208 Å². The maximum Gasteiger partial charge on any atom is 0.338 e. The van der Waals surface area contributed by atoms with Crippen molar-refractivity contribution in [3.63, 3.8) is 0 Å². The van der Waals surface area contributed by atoms with Gasteiger partial charge in [0, 0.05) is 0 Å². The molecule has 4 rings (SSSR count). The molecule has 36 heavy (non-hydrogen) atoms. The molecule has 0 aliphatic carbocycles. The van der Waals surface area contributed by atoms with Crippen molar-refractivity contribution in [2.75, 3.05) is 6.61 Å². The molecule has 0 bridgehead atoms. The van der Waals surface area contributed by atoms with Gasteiger partial charge in [-0.15, -0.1) is 0 Å². The van der Waals surface area contributed by atoms with Crippen molar-refractivity contribution in [3.8, 4) is 0 Å². The van der Waals surface area contributed by atoms with Crippen LogP contribution in [0.5, 0.6) is 0 Å². The molecule has 186 valence electrons. The van der Waals surface area contributed by atoms with Gasteiger partial charge in [-0.1, -0.05) is 54.6 Å². The van der Waals surface area contributed by atoms with Crippen molar-refractivity contribution in [1.82, 2.24) is 0 Å². The minimum absolute atomic E-state index is 0.268. The third-order valence-corrected chi connectivity index (χ3v) is 5.79. The molecule has 0 spiro atoms. The molecule has 1 fully saturated rings. The van der Waals surface area contributed by atoms with Crippen molar-refractivity contribution in [2.24, 2.45) is 0 Å². The average Bonchev–Trinajstić information content (AvgIpc) is 2.92. The second kappa shape index (κ2) is 11.6. The van der Waals surface area contributed by atoms with Crippen molar-refractivity contribution < 1.29 is 38.4 Å². The van der Waals surface area contributed by atoms with E-state index in [0.29, 0.717) is 11.1 Å². The monoisotopic (exact) mass is 490 g/mol. The molecule has 1 N–H and O–H groups in total. The first kappa shape index (κ1) is 25.1. The Morgan fingerprint density at radius 1 is 0.694 bits per heavy atom. The number of carbonyl (C=O) groups is 3. The Morgan fingerprint density at radius 3 is 1.58 bits per heavy atom. The summed E-state index contributed by atoms with van der Waals surface area (Å²) < 4.78 is 22.5. The van der Waals surface area contributed by atoms with Gasteiger partial charge in [0.15, 0.2) is 12.2 Å². The summed E-state index contributed by atoms with van der Waals surface area (Å²) in [5.41, 5.74) is 0.910. The van der Waals surface area contributed by atoms with Gasteiger partial charge in [-0.3, -0.25) is 0 Å². The largest absolute Gasteiger partial charge is 0.459 e. The first-order chi connectivity index (χ1) is 17.4. The lowest BCUT2D eigenvalue weighted by atomic mass is 9.95. The summed E-state index contributed by atoms with van der Waals surface area (Å²) >= 11 is 0. The fourth-order valence-corrected chi connectivity index (χ4v) is 3.89. The number of hydrogen-bond acceptors (Lipinski definition) is 8. The number of hydrogen-bond donors (Lipinski definition) is 1. The predicted molar refractivity (Wildman–Crippen MR) is 128 cm³/mol. The maximum atomic E-state index is 12.8. The average molecular weight is 491 g/mol. The number of aliphatic hydroxyl groups excluding tert-OH is 1. The van der Waals surface area contributed by atoms with E-state index in [1.54, 1.807) is 97.9 Å². The molecule has 0 radical (unpaired) electrons. The van der Waals surface area contributed by atoms with E-state index in [0.717, 1.165) is 0 Å². The van der Waals surface area contributed by atoms with Crippen LogP contribution < -0.4 is 0 Å². The van der Waals surface area contributed by atoms with Crippen LogP contribution in [0.25, 0.3) is 0 Å². The zero-order valence-corrected chi connectivity index (χ0v) is 19.6. The van der Waals surface area contributed by atoms with E-state index in [-0.39, 0.29) is 12.2 Å². The summed E-state index contributed by atoms with van der Waals surface area (Å²) in [6, 6.07) is 25.0. The van der Waals surface area contributed by atoms with E-state index >= 15 is 0 Å². The van der Waals surface area contributed by atoms with Gasteiger partial charge >= 0.3 is 17.9 Å². The highest BCUT2D eigenvalue weighted by Crippen LogP contribution is 2.28. The van der Waals surface area contributed by atoms with Gasteiger partial charge in [-0.05, 0) is 43.3 Å². The van der Waals surface area contributed by atoms with Crippen LogP contribution in [-0.4, -0.2) is 60.1 Å². The van der Waals surface area contributed by atoms with Crippen molar-refractivity contribution in [1.29, 1.82) is 0 Å². The molecule has 5 atom stereocenters. The molecule has 0 aromatic heterocycles. The predicted octanol–water partition coefficient (Wildman–Crippen LogP) is 3.44. The van der Waals surface area contributed by atoms with Crippen LogP contribution in [0.15, 0.2) is 91.0 Å². The van der Waals surface area contributed by atoms with Crippen molar-refractivity contribution >= 4 is 17.9 Å². The van der Waals surface area contributed by atoms with E-state index in [1.807, 2.05) is 0 Å². The van der Waals surface area contributed by atoms with E-state index in [2.05, 4.69) is 0 Å². The second-order valence-electron chi connectivity index (χ2n) is 8.31. The fraction of sp³-hybridized carbons (Fsp3) is 0.250. The molecule has 1 aliphatic heterocycles. The molecule has 0 saturated carbocycles. The molecule has 1 saturated heterocycles. The van der Waals surface area contributed by atoms with Crippen LogP contribution >= 0.6 is 0 Å². The minimum Gasteiger partial charge on any atom is -0.459 e. The number of rotatable bonds is 7. The molecule has 0 amide bonds. The zero-order valence-electron chi connectivity index (χ0n) is 19.6. The van der Waals surface area contributed by atoms with E-state index < -0.39 is 48.4 Å². The standard InChI is InChI=1S/C28H26O8/c1-18-24(35-27(31)20-13-7-3-8-14-20)25(36-28(32)21-15-9-4-10-16-21)23(29)22(34-18)17-33-26(30)19-11-5-2-6-12-19/h2-16,18,22-25,29H,17H2,1H3/t18-,22?,23-,24?,25+/m1/s1. The first-order valence-electron chi connectivity index (χ1n) is 11.5. The van der Waals surface area contributed by atoms with Gasteiger partial charge in [0.05, 0.1) is 22.8 Å². The van der Waals surface area contributed by atoms with Gasteiger partial charge in [0.1, 0.15) is 18.8 Å². The van der Waals surface area contributed by atoms with Crippen molar-refractivity contribution in [3.05, 3.63) is 108 Å². The fourth-order valence-electron chi connectivity index (χ4n) is 3.89. The van der Waals surface area contributed by atoms with Crippen LogP contribution in [0.4, 0.5) is 0 Å². The third kappa shape index (κ3) is 5.97. The van der Waals surface area contributed by atoms with E-state index in [9.17, 15) is 19.5 Å². The maximum absolute atomic E-state index is 12.8. The van der Waals surface area contributed by atoms with Crippen LogP contribution in [0.2, 0.25) is 0 Å². The van der Waals surface area contributed by atoms with Crippen molar-refractivity contribution in [2.45, 2.75) is 37.4 Å². The van der Waals surface area contributed by atoms with Gasteiger partial charge in [0.2, 0.25) is 0 Å². The summed E-state index contributed by atoms with van der Waals surface area (Å²) in [6.45, 7) is 1.34. The van der Waals surface area contributed by atoms with E-state index in [4.69, 9.17) is 18.9 Å². The number of carbonyl (C=O) groups excluding carboxylic acids is 3. The highest BCUT2D eigenvalue weighted by Gasteiger charge is 2.48. The van der Waals surface area contributed by atoms with E-state index in [1.165, 1.54) is 0 Å². The molecule has 8 nitrogen and oxygen atoms in total. The van der Waals surface area contributed by atoms with Gasteiger partial charge in [-0.25, -0.2) is 14.4 Å². The third-order valence-electron chi connectivity index (χ3n) is 5.79. The highest BCUT2D eigenvalue weighted by atomic mass is 16.6. The zero-order chi connectivity index (χ0) is 25.5. The summed E-state index contributed by atoms with van der Waals surface area (Å²) in [6.07, 6.45) is -5.62. The lowest BCUT2D eigenvalue weighted by molar-refractivity contribution is -0.224. The quantitative estimate of drug-likeness (QED) is 0.396. The molecule has 1 heterocycles. The Bertz CT molecular complexity index is 1170.